The van der Waals surface area contributed by atoms with Crippen LogP contribution >= 0.6 is 11.6 Å². The molecule has 0 bridgehead atoms. The fourth-order valence-corrected chi connectivity index (χ4v) is 3.35. The molecule has 0 radical (unpaired) electrons. The van der Waals surface area contributed by atoms with Crippen LogP contribution in [0.1, 0.15) is 10.4 Å². The van der Waals surface area contributed by atoms with E-state index in [9.17, 15) is 14.9 Å². The predicted molar refractivity (Wildman–Crippen MR) is 109 cm³/mol. The lowest BCUT2D eigenvalue weighted by Gasteiger charge is -2.19. The SMILES string of the molecule is COc1ccc(Cl)cc1C(=O)OCC(=O)C(C#N)=C1N(C)c2ccccc2N1C. The minimum atomic E-state index is -0.767. The van der Waals surface area contributed by atoms with E-state index in [1.807, 2.05) is 30.3 Å². The van der Waals surface area contributed by atoms with Gasteiger partial charge in [-0.25, -0.2) is 4.79 Å². The van der Waals surface area contributed by atoms with Gasteiger partial charge in [-0.3, -0.25) is 4.79 Å². The number of carbonyl (C=O) groups excluding carboxylic acids is 2. The maximum atomic E-state index is 12.7. The van der Waals surface area contributed by atoms with Crippen molar-refractivity contribution < 1.29 is 19.1 Å². The highest BCUT2D eigenvalue weighted by Gasteiger charge is 2.31. The maximum absolute atomic E-state index is 12.7. The molecule has 1 heterocycles. The van der Waals surface area contributed by atoms with Crippen LogP contribution in [0, 0.1) is 11.3 Å². The van der Waals surface area contributed by atoms with Crippen LogP contribution in [0.25, 0.3) is 0 Å². The third-order valence-corrected chi connectivity index (χ3v) is 4.80. The number of esters is 1. The first kappa shape index (κ1) is 20.2. The Bertz CT molecular complexity index is 1030. The Labute approximate surface area is 173 Å². The first-order valence-electron chi connectivity index (χ1n) is 8.63. The highest BCUT2D eigenvalue weighted by Crippen LogP contribution is 2.40. The summed E-state index contributed by atoms with van der Waals surface area (Å²) in [6.45, 7) is -0.584. The third kappa shape index (κ3) is 3.75. The summed E-state index contributed by atoms with van der Waals surface area (Å²) >= 11 is 5.92. The largest absolute Gasteiger partial charge is 0.496 e. The number of nitriles is 1. The van der Waals surface area contributed by atoms with Crippen molar-refractivity contribution in [1.82, 2.24) is 0 Å². The van der Waals surface area contributed by atoms with Crippen molar-refractivity contribution in [3.05, 3.63) is 64.4 Å². The van der Waals surface area contributed by atoms with Crippen molar-refractivity contribution in [1.29, 1.82) is 5.26 Å². The molecule has 0 fully saturated rings. The van der Waals surface area contributed by atoms with Crippen LogP contribution in [-0.4, -0.2) is 39.6 Å². The van der Waals surface area contributed by atoms with E-state index in [1.165, 1.54) is 19.2 Å². The molecule has 29 heavy (non-hydrogen) atoms. The van der Waals surface area contributed by atoms with Gasteiger partial charge in [0.05, 0.1) is 18.5 Å². The summed E-state index contributed by atoms with van der Waals surface area (Å²) in [7, 11) is 4.95. The fraction of sp³-hybridized carbons (Fsp3) is 0.190. The number of Topliss-reactive ketones (excluding diaryl/α,β-unsaturated/α-hetero) is 1. The summed E-state index contributed by atoms with van der Waals surface area (Å²) in [6.07, 6.45) is 0. The zero-order chi connectivity index (χ0) is 21.1. The smallest absolute Gasteiger partial charge is 0.342 e. The van der Waals surface area contributed by atoms with Gasteiger partial charge >= 0.3 is 5.97 Å². The number of halogens is 1. The standard InChI is InChI=1S/C21H18ClN3O4/c1-24-16-6-4-5-7-17(16)25(2)20(24)15(11-23)18(26)12-29-21(27)14-10-13(22)8-9-19(14)28-3/h4-10H,12H2,1-3H3. The second-order valence-corrected chi connectivity index (χ2v) is 6.70. The molecule has 0 unspecified atom stereocenters. The molecule has 0 saturated carbocycles. The number of nitrogens with zero attached hydrogens (tertiary/aromatic N) is 3. The molecule has 7 nitrogen and oxygen atoms in total. The number of benzene rings is 2. The third-order valence-electron chi connectivity index (χ3n) is 4.57. The van der Waals surface area contributed by atoms with E-state index < -0.39 is 18.4 Å². The molecular weight excluding hydrogens is 394 g/mol. The van der Waals surface area contributed by atoms with E-state index in [4.69, 9.17) is 21.1 Å². The normalized spacial score (nSPS) is 12.3. The highest BCUT2D eigenvalue weighted by molar-refractivity contribution is 6.31. The van der Waals surface area contributed by atoms with Gasteiger partial charge < -0.3 is 19.3 Å². The van der Waals surface area contributed by atoms with Gasteiger partial charge in [0.2, 0.25) is 5.78 Å². The summed E-state index contributed by atoms with van der Waals surface area (Å²) in [4.78, 5) is 28.6. The van der Waals surface area contributed by atoms with Crippen molar-refractivity contribution in [2.45, 2.75) is 0 Å². The first-order chi connectivity index (χ1) is 13.9. The molecule has 0 saturated heterocycles. The molecule has 2 aromatic rings. The Hall–Kier alpha value is -3.50. The summed E-state index contributed by atoms with van der Waals surface area (Å²) in [5.74, 6) is -0.675. The second kappa shape index (κ2) is 8.25. The number of anilines is 2. The Balaban J connectivity index is 1.82. The van der Waals surface area contributed by atoms with Gasteiger partial charge in [0.25, 0.3) is 0 Å². The lowest BCUT2D eigenvalue weighted by Crippen LogP contribution is -2.27. The van der Waals surface area contributed by atoms with Crippen molar-refractivity contribution in [2.24, 2.45) is 0 Å². The van der Waals surface area contributed by atoms with Crippen molar-refractivity contribution in [3.63, 3.8) is 0 Å². The molecule has 2 aromatic carbocycles. The first-order valence-corrected chi connectivity index (χ1v) is 9.01. The molecule has 1 aliphatic rings. The van der Waals surface area contributed by atoms with Crippen molar-refractivity contribution in [3.8, 4) is 11.8 Å². The monoisotopic (exact) mass is 411 g/mol. The zero-order valence-corrected chi connectivity index (χ0v) is 16.9. The van der Waals surface area contributed by atoms with Gasteiger partial charge in [-0.1, -0.05) is 23.7 Å². The Kier molecular flexibility index (Phi) is 5.76. The van der Waals surface area contributed by atoms with E-state index in [0.717, 1.165) is 11.4 Å². The molecule has 0 atom stereocenters. The molecule has 3 rings (SSSR count). The van der Waals surface area contributed by atoms with E-state index in [2.05, 4.69) is 0 Å². The summed E-state index contributed by atoms with van der Waals surface area (Å²) < 4.78 is 10.3. The summed E-state index contributed by atoms with van der Waals surface area (Å²) in [5.41, 5.74) is 1.73. The van der Waals surface area contributed by atoms with Crippen LogP contribution in [0.4, 0.5) is 11.4 Å². The van der Waals surface area contributed by atoms with Gasteiger partial charge in [0.1, 0.15) is 28.8 Å². The molecule has 0 N–H and O–H groups in total. The molecule has 0 aliphatic carbocycles. The number of ether oxygens (including phenoxy) is 2. The molecule has 0 aromatic heterocycles. The minimum Gasteiger partial charge on any atom is -0.496 e. The maximum Gasteiger partial charge on any atom is 0.342 e. The van der Waals surface area contributed by atoms with Gasteiger partial charge in [0.15, 0.2) is 6.61 Å². The quantitative estimate of drug-likeness (QED) is 0.423. The van der Waals surface area contributed by atoms with Gasteiger partial charge in [-0.2, -0.15) is 5.26 Å². The molecule has 0 spiro atoms. The molecule has 0 amide bonds. The number of rotatable bonds is 5. The Morgan fingerprint density at radius 2 is 1.72 bits per heavy atom. The number of fused-ring (bicyclic) bond motifs is 1. The number of para-hydroxylation sites is 2. The Morgan fingerprint density at radius 3 is 2.28 bits per heavy atom. The zero-order valence-electron chi connectivity index (χ0n) is 16.1. The lowest BCUT2D eigenvalue weighted by atomic mass is 10.1. The van der Waals surface area contributed by atoms with Crippen LogP contribution in [0.15, 0.2) is 53.9 Å². The average Bonchev–Trinajstić information content (AvgIpc) is 2.98. The topological polar surface area (TPSA) is 82.9 Å². The predicted octanol–water partition coefficient (Wildman–Crippen LogP) is 3.40. The van der Waals surface area contributed by atoms with Crippen LogP contribution in [0.3, 0.4) is 0 Å². The van der Waals surface area contributed by atoms with Gasteiger partial charge in [-0.15, -0.1) is 0 Å². The molecule has 8 heteroatoms. The molecule has 1 aliphatic heterocycles. The van der Waals surface area contributed by atoms with E-state index >= 15 is 0 Å². The average molecular weight is 412 g/mol. The van der Waals surface area contributed by atoms with Crippen LogP contribution in [0.5, 0.6) is 5.75 Å². The van der Waals surface area contributed by atoms with Gasteiger partial charge in [-0.05, 0) is 30.3 Å². The number of methoxy groups -OCH3 is 1. The molecule has 148 valence electrons. The summed E-state index contributed by atoms with van der Waals surface area (Å²) in [6, 6.07) is 14.0. The minimum absolute atomic E-state index is 0.0986. The van der Waals surface area contributed by atoms with E-state index in [-0.39, 0.29) is 16.9 Å². The van der Waals surface area contributed by atoms with Crippen molar-refractivity contribution in [2.75, 3.05) is 37.6 Å². The Morgan fingerprint density at radius 1 is 1.10 bits per heavy atom. The highest BCUT2D eigenvalue weighted by atomic mass is 35.5. The number of carbonyl (C=O) groups is 2. The number of ketones is 1. The molecular formula is C21H18ClN3O4. The van der Waals surface area contributed by atoms with E-state index in [0.29, 0.717) is 10.8 Å². The lowest BCUT2D eigenvalue weighted by molar-refractivity contribution is -0.118. The number of hydrogen-bond donors (Lipinski definition) is 0. The van der Waals surface area contributed by atoms with Crippen molar-refractivity contribution >= 4 is 34.7 Å². The second-order valence-electron chi connectivity index (χ2n) is 6.26. The van der Waals surface area contributed by atoms with E-state index in [1.54, 1.807) is 30.0 Å². The number of hydrogen-bond acceptors (Lipinski definition) is 7. The summed E-state index contributed by atoms with van der Waals surface area (Å²) in [5, 5.41) is 9.94. The fourth-order valence-electron chi connectivity index (χ4n) is 3.18. The van der Waals surface area contributed by atoms with Crippen LogP contribution < -0.4 is 14.5 Å². The van der Waals surface area contributed by atoms with Gasteiger partial charge in [0, 0.05) is 19.1 Å². The van der Waals surface area contributed by atoms with Crippen LogP contribution in [-0.2, 0) is 9.53 Å². The van der Waals surface area contributed by atoms with Crippen LogP contribution in [0.2, 0.25) is 5.02 Å².